The summed E-state index contributed by atoms with van der Waals surface area (Å²) in [4.78, 5) is 23.4. The zero-order valence-corrected chi connectivity index (χ0v) is 13.4. The quantitative estimate of drug-likeness (QED) is 0.589. The zero-order valence-electron chi connectivity index (χ0n) is 13.4. The topological polar surface area (TPSA) is 52.6 Å². The molecule has 1 rings (SSSR count). The first-order valence-corrected chi connectivity index (χ1v) is 7.09. The summed E-state index contributed by atoms with van der Waals surface area (Å²) in [5, 5.41) is 0. The first-order chi connectivity index (χ1) is 9.09. The predicted octanol–water partition coefficient (Wildman–Crippen LogP) is 3.11. The van der Waals surface area contributed by atoms with Crippen LogP contribution in [0.25, 0.3) is 0 Å². The van der Waals surface area contributed by atoms with E-state index in [0.29, 0.717) is 0 Å². The fraction of sp³-hybridized carbons (Fsp3) is 0.750. The Hall–Kier alpha value is -1.32. The Kier molecular flexibility index (Phi) is 5.00. The third kappa shape index (κ3) is 4.09. The molecule has 1 saturated carbocycles. The van der Waals surface area contributed by atoms with Gasteiger partial charge in [-0.1, -0.05) is 19.9 Å². The second kappa shape index (κ2) is 5.98. The molecule has 114 valence electrons. The van der Waals surface area contributed by atoms with Gasteiger partial charge in [-0.2, -0.15) is 0 Å². The normalized spacial score (nSPS) is 30.5. The van der Waals surface area contributed by atoms with Crippen molar-refractivity contribution in [3.8, 4) is 0 Å². The summed E-state index contributed by atoms with van der Waals surface area (Å²) in [6.07, 6.45) is 5.03. The minimum Gasteiger partial charge on any atom is -0.469 e. The van der Waals surface area contributed by atoms with E-state index in [1.54, 1.807) is 0 Å². The van der Waals surface area contributed by atoms with Crippen molar-refractivity contribution in [3.63, 3.8) is 0 Å². The average molecular weight is 282 g/mol. The van der Waals surface area contributed by atoms with E-state index < -0.39 is 5.60 Å². The van der Waals surface area contributed by atoms with Crippen LogP contribution in [-0.2, 0) is 19.1 Å². The molecule has 1 aliphatic rings. The molecule has 1 aliphatic carbocycles. The molecule has 0 aromatic carbocycles. The van der Waals surface area contributed by atoms with E-state index in [4.69, 9.17) is 9.47 Å². The molecule has 0 aromatic rings. The minimum absolute atomic E-state index is 0.0895. The molecular formula is C16H26O4. The molecule has 4 nitrogen and oxygen atoms in total. The smallest absolute Gasteiger partial charge is 0.330 e. The molecule has 0 heterocycles. The Morgan fingerprint density at radius 3 is 2.40 bits per heavy atom. The van der Waals surface area contributed by atoms with Gasteiger partial charge in [-0.05, 0) is 44.9 Å². The summed E-state index contributed by atoms with van der Waals surface area (Å²) in [7, 11) is 1.42. The molecule has 4 heteroatoms. The third-order valence-corrected chi connectivity index (χ3v) is 4.15. The molecule has 0 amide bonds. The molecular weight excluding hydrogens is 256 g/mol. The van der Waals surface area contributed by atoms with Crippen LogP contribution in [0, 0.1) is 17.3 Å². The van der Waals surface area contributed by atoms with E-state index in [1.807, 2.05) is 33.8 Å². The predicted molar refractivity (Wildman–Crippen MR) is 77.0 cm³/mol. The fourth-order valence-electron chi connectivity index (χ4n) is 2.71. The minimum atomic E-state index is -0.488. The van der Waals surface area contributed by atoms with Gasteiger partial charge in [-0.3, -0.25) is 4.79 Å². The number of carbonyl (C=O) groups excluding carboxylic acids is 2. The van der Waals surface area contributed by atoms with Crippen LogP contribution in [0.1, 0.15) is 47.5 Å². The van der Waals surface area contributed by atoms with Gasteiger partial charge in [0, 0.05) is 6.08 Å². The summed E-state index contributed by atoms with van der Waals surface area (Å²) in [5.74, 6) is -0.443. The number of hydrogen-bond donors (Lipinski definition) is 0. The van der Waals surface area contributed by atoms with Crippen molar-refractivity contribution in [1.29, 1.82) is 0 Å². The largest absolute Gasteiger partial charge is 0.469 e. The highest BCUT2D eigenvalue weighted by Gasteiger charge is 2.44. The van der Waals surface area contributed by atoms with Crippen LogP contribution < -0.4 is 0 Å². The van der Waals surface area contributed by atoms with E-state index in [1.165, 1.54) is 13.2 Å². The van der Waals surface area contributed by atoms with E-state index in [-0.39, 0.29) is 29.2 Å². The maximum atomic E-state index is 11.7. The van der Waals surface area contributed by atoms with Crippen molar-refractivity contribution >= 4 is 11.9 Å². The Morgan fingerprint density at radius 2 is 1.90 bits per heavy atom. The van der Waals surface area contributed by atoms with E-state index in [0.717, 1.165) is 12.8 Å². The third-order valence-electron chi connectivity index (χ3n) is 4.15. The molecule has 3 atom stereocenters. The highest BCUT2D eigenvalue weighted by Crippen LogP contribution is 2.48. The molecule has 0 radical (unpaired) electrons. The summed E-state index contributed by atoms with van der Waals surface area (Å²) in [6, 6.07) is 0. The van der Waals surface area contributed by atoms with Crippen LogP contribution in [0.3, 0.4) is 0 Å². The lowest BCUT2D eigenvalue weighted by Gasteiger charge is -2.27. The number of ether oxygens (including phenoxy) is 2. The van der Waals surface area contributed by atoms with Gasteiger partial charge in [0.1, 0.15) is 5.60 Å². The highest BCUT2D eigenvalue weighted by molar-refractivity contribution is 5.82. The highest BCUT2D eigenvalue weighted by atomic mass is 16.6. The van der Waals surface area contributed by atoms with E-state index >= 15 is 0 Å². The van der Waals surface area contributed by atoms with Crippen molar-refractivity contribution in [1.82, 2.24) is 0 Å². The van der Waals surface area contributed by atoms with Crippen molar-refractivity contribution in [2.75, 3.05) is 7.11 Å². The number of rotatable bonds is 3. The van der Waals surface area contributed by atoms with Crippen LogP contribution in [0.15, 0.2) is 12.2 Å². The van der Waals surface area contributed by atoms with Gasteiger partial charge in [0.2, 0.25) is 0 Å². The Morgan fingerprint density at radius 1 is 1.30 bits per heavy atom. The van der Waals surface area contributed by atoms with Crippen molar-refractivity contribution in [3.05, 3.63) is 12.2 Å². The van der Waals surface area contributed by atoms with Gasteiger partial charge < -0.3 is 9.47 Å². The lowest BCUT2D eigenvalue weighted by atomic mass is 9.78. The Balaban J connectivity index is 2.72. The number of carbonyl (C=O) groups is 2. The average Bonchev–Trinajstić information content (AvgIpc) is 2.62. The second-order valence-corrected chi connectivity index (χ2v) is 6.83. The first-order valence-electron chi connectivity index (χ1n) is 7.09. The SMILES string of the molecule is COC(=O)C1CCC(C)(C=CC(=O)OC(C)(C)C)C1C. The summed E-state index contributed by atoms with van der Waals surface area (Å²) >= 11 is 0. The number of esters is 2. The van der Waals surface area contributed by atoms with Crippen molar-refractivity contribution in [2.24, 2.45) is 17.3 Å². The summed E-state index contributed by atoms with van der Waals surface area (Å²) < 4.78 is 10.1. The maximum Gasteiger partial charge on any atom is 0.330 e. The van der Waals surface area contributed by atoms with Crippen molar-refractivity contribution < 1.29 is 19.1 Å². The van der Waals surface area contributed by atoms with Gasteiger partial charge in [0.05, 0.1) is 13.0 Å². The fourth-order valence-corrected chi connectivity index (χ4v) is 2.71. The second-order valence-electron chi connectivity index (χ2n) is 6.83. The standard InChI is InChI=1S/C16H26O4/c1-11-12(14(18)19-6)7-9-16(11,5)10-8-13(17)20-15(2,3)4/h8,10-12H,7,9H2,1-6H3. The van der Waals surface area contributed by atoms with Gasteiger partial charge in [0.15, 0.2) is 0 Å². The molecule has 1 fully saturated rings. The number of hydrogen-bond acceptors (Lipinski definition) is 4. The molecule has 0 N–H and O–H groups in total. The summed E-state index contributed by atoms with van der Waals surface area (Å²) in [6.45, 7) is 9.62. The maximum absolute atomic E-state index is 11.7. The van der Waals surface area contributed by atoms with Crippen LogP contribution in [0.4, 0.5) is 0 Å². The molecule has 3 unspecified atom stereocenters. The van der Waals surface area contributed by atoms with Crippen LogP contribution >= 0.6 is 0 Å². The van der Waals surface area contributed by atoms with Crippen LogP contribution in [0.2, 0.25) is 0 Å². The van der Waals surface area contributed by atoms with Gasteiger partial charge >= 0.3 is 11.9 Å². The Bertz CT molecular complexity index is 405. The molecule has 0 spiro atoms. The monoisotopic (exact) mass is 282 g/mol. The summed E-state index contributed by atoms with van der Waals surface area (Å²) in [5.41, 5.74) is -0.659. The van der Waals surface area contributed by atoms with Gasteiger partial charge in [0.25, 0.3) is 0 Å². The Labute approximate surface area is 121 Å². The van der Waals surface area contributed by atoms with Crippen molar-refractivity contribution in [2.45, 2.75) is 53.1 Å². The molecule has 0 aliphatic heterocycles. The molecule has 20 heavy (non-hydrogen) atoms. The molecule has 0 aromatic heterocycles. The molecule has 0 saturated heterocycles. The van der Waals surface area contributed by atoms with Crippen LogP contribution in [-0.4, -0.2) is 24.6 Å². The van der Waals surface area contributed by atoms with E-state index in [9.17, 15) is 9.59 Å². The van der Waals surface area contributed by atoms with Gasteiger partial charge in [-0.25, -0.2) is 4.79 Å². The van der Waals surface area contributed by atoms with Gasteiger partial charge in [-0.15, -0.1) is 0 Å². The lowest BCUT2D eigenvalue weighted by Crippen LogP contribution is -2.27. The zero-order chi connectivity index (χ0) is 15.6. The number of methoxy groups -OCH3 is 1. The lowest BCUT2D eigenvalue weighted by molar-refractivity contribution is -0.148. The first kappa shape index (κ1) is 16.7. The molecule has 0 bridgehead atoms. The van der Waals surface area contributed by atoms with E-state index in [2.05, 4.69) is 6.92 Å². The number of allylic oxidation sites excluding steroid dienone is 1. The van der Waals surface area contributed by atoms with Crippen LogP contribution in [0.5, 0.6) is 0 Å².